The van der Waals surface area contributed by atoms with Crippen molar-refractivity contribution < 1.29 is 14.3 Å². The highest BCUT2D eigenvalue weighted by atomic mass is 32.2. The summed E-state index contributed by atoms with van der Waals surface area (Å²) in [6, 6.07) is 7.41. The number of carbonyl (C=O) groups excluding carboxylic acids is 2. The number of anilines is 1. The standard InChI is InChI=1S/C11H9NO3S/c1-15-10(13)6-8-11(14)16-9-5-3-2-4-7(9)12-8/h2-6,12H,1H3/b8-6+. The van der Waals surface area contributed by atoms with E-state index in [0.29, 0.717) is 0 Å². The van der Waals surface area contributed by atoms with Gasteiger partial charge in [-0.25, -0.2) is 4.79 Å². The summed E-state index contributed by atoms with van der Waals surface area (Å²) in [4.78, 5) is 23.5. The van der Waals surface area contributed by atoms with Crippen LogP contribution in [-0.4, -0.2) is 18.2 Å². The fourth-order valence-electron chi connectivity index (χ4n) is 1.28. The van der Waals surface area contributed by atoms with Crippen molar-refractivity contribution in [2.75, 3.05) is 12.4 Å². The molecule has 0 atom stereocenters. The third-order valence-electron chi connectivity index (χ3n) is 2.04. The van der Waals surface area contributed by atoms with Crippen LogP contribution in [0.4, 0.5) is 5.69 Å². The monoisotopic (exact) mass is 235 g/mol. The molecule has 0 unspecified atom stereocenters. The minimum Gasteiger partial charge on any atom is -0.466 e. The zero-order valence-corrected chi connectivity index (χ0v) is 9.34. The molecule has 0 amide bonds. The summed E-state index contributed by atoms with van der Waals surface area (Å²) in [6.45, 7) is 0. The zero-order chi connectivity index (χ0) is 11.5. The van der Waals surface area contributed by atoms with Crippen LogP contribution in [0.3, 0.4) is 0 Å². The molecule has 1 aliphatic heterocycles. The Morgan fingerprint density at radius 3 is 2.94 bits per heavy atom. The molecule has 82 valence electrons. The number of hydrogen-bond acceptors (Lipinski definition) is 5. The Bertz CT molecular complexity index is 482. The molecule has 2 rings (SSSR count). The fraction of sp³-hybridized carbons (Fsp3) is 0.0909. The van der Waals surface area contributed by atoms with E-state index in [4.69, 9.17) is 0 Å². The van der Waals surface area contributed by atoms with Gasteiger partial charge in [0, 0.05) is 4.90 Å². The van der Waals surface area contributed by atoms with Gasteiger partial charge in [0.15, 0.2) is 0 Å². The van der Waals surface area contributed by atoms with E-state index in [0.717, 1.165) is 28.4 Å². The van der Waals surface area contributed by atoms with E-state index in [1.807, 2.05) is 24.3 Å². The number of benzene rings is 1. The molecule has 0 spiro atoms. The first kappa shape index (κ1) is 10.8. The highest BCUT2D eigenvalue weighted by Crippen LogP contribution is 2.34. The molecule has 4 nitrogen and oxygen atoms in total. The maximum absolute atomic E-state index is 11.6. The van der Waals surface area contributed by atoms with Crippen LogP contribution in [0.2, 0.25) is 0 Å². The van der Waals surface area contributed by atoms with Crippen LogP contribution < -0.4 is 5.32 Å². The average Bonchev–Trinajstić information content (AvgIpc) is 2.30. The van der Waals surface area contributed by atoms with Crippen molar-refractivity contribution in [3.8, 4) is 0 Å². The van der Waals surface area contributed by atoms with Gasteiger partial charge in [-0.3, -0.25) is 4.79 Å². The van der Waals surface area contributed by atoms with Gasteiger partial charge in [-0.2, -0.15) is 0 Å². The molecular weight excluding hydrogens is 226 g/mol. The molecule has 0 saturated heterocycles. The zero-order valence-electron chi connectivity index (χ0n) is 8.52. The largest absolute Gasteiger partial charge is 0.466 e. The molecular formula is C11H9NO3S. The Morgan fingerprint density at radius 1 is 1.44 bits per heavy atom. The Labute approximate surface area is 96.7 Å². The second-order valence-electron chi connectivity index (χ2n) is 3.09. The molecule has 1 aliphatic rings. The smallest absolute Gasteiger partial charge is 0.332 e. The molecule has 0 radical (unpaired) electrons. The minimum atomic E-state index is -0.546. The molecule has 0 aliphatic carbocycles. The van der Waals surface area contributed by atoms with Gasteiger partial charge in [-0.15, -0.1) is 0 Å². The molecule has 5 heteroatoms. The maximum atomic E-state index is 11.6. The first-order chi connectivity index (χ1) is 7.70. The van der Waals surface area contributed by atoms with Crippen LogP contribution in [0.15, 0.2) is 40.9 Å². The van der Waals surface area contributed by atoms with E-state index in [2.05, 4.69) is 10.1 Å². The number of methoxy groups -OCH3 is 1. The molecule has 1 N–H and O–H groups in total. The predicted molar refractivity (Wildman–Crippen MR) is 61.0 cm³/mol. The number of thioether (sulfide) groups is 1. The summed E-state index contributed by atoms with van der Waals surface area (Å²) in [7, 11) is 1.27. The Balaban J connectivity index is 2.31. The molecule has 0 saturated carbocycles. The van der Waals surface area contributed by atoms with E-state index in [9.17, 15) is 9.59 Å². The summed E-state index contributed by atoms with van der Waals surface area (Å²) >= 11 is 1.09. The van der Waals surface area contributed by atoms with Crippen LogP contribution >= 0.6 is 11.8 Å². The van der Waals surface area contributed by atoms with Crippen molar-refractivity contribution in [2.24, 2.45) is 0 Å². The lowest BCUT2D eigenvalue weighted by Crippen LogP contribution is -2.15. The third kappa shape index (κ3) is 2.09. The van der Waals surface area contributed by atoms with E-state index in [1.165, 1.54) is 7.11 Å². The van der Waals surface area contributed by atoms with Crippen molar-refractivity contribution in [1.29, 1.82) is 0 Å². The van der Waals surface area contributed by atoms with Gasteiger partial charge >= 0.3 is 5.97 Å². The predicted octanol–water partition coefficient (Wildman–Crippen LogP) is 1.79. The molecule has 0 bridgehead atoms. The second-order valence-corrected chi connectivity index (χ2v) is 4.11. The lowest BCUT2D eigenvalue weighted by molar-refractivity contribution is -0.135. The number of nitrogens with one attached hydrogen (secondary N) is 1. The maximum Gasteiger partial charge on any atom is 0.332 e. The van der Waals surface area contributed by atoms with Crippen molar-refractivity contribution in [3.05, 3.63) is 36.0 Å². The van der Waals surface area contributed by atoms with Crippen LogP contribution in [0.5, 0.6) is 0 Å². The third-order valence-corrected chi connectivity index (χ3v) is 3.02. The Morgan fingerprint density at radius 2 is 2.19 bits per heavy atom. The topological polar surface area (TPSA) is 55.4 Å². The Kier molecular flexibility index (Phi) is 2.96. The van der Waals surface area contributed by atoms with Crippen LogP contribution in [0.1, 0.15) is 0 Å². The normalized spacial score (nSPS) is 16.6. The van der Waals surface area contributed by atoms with E-state index >= 15 is 0 Å². The number of para-hydroxylation sites is 1. The van der Waals surface area contributed by atoms with E-state index < -0.39 is 5.97 Å². The van der Waals surface area contributed by atoms with Crippen LogP contribution in [0.25, 0.3) is 0 Å². The fourth-order valence-corrected chi connectivity index (χ4v) is 2.08. The number of hydrogen-bond donors (Lipinski definition) is 1. The minimum absolute atomic E-state index is 0.191. The summed E-state index contributed by atoms with van der Waals surface area (Å²) in [5.74, 6) is -0.546. The molecule has 0 fully saturated rings. The van der Waals surface area contributed by atoms with Gasteiger partial charge in [0.25, 0.3) is 0 Å². The molecule has 1 aromatic carbocycles. The van der Waals surface area contributed by atoms with Crippen molar-refractivity contribution in [1.82, 2.24) is 0 Å². The van der Waals surface area contributed by atoms with Gasteiger partial charge in [0.2, 0.25) is 5.12 Å². The summed E-state index contributed by atoms with van der Waals surface area (Å²) in [6.07, 6.45) is 1.16. The summed E-state index contributed by atoms with van der Waals surface area (Å²) in [5.41, 5.74) is 1.07. The molecule has 16 heavy (non-hydrogen) atoms. The number of fused-ring (bicyclic) bond motifs is 1. The number of esters is 1. The van der Waals surface area contributed by atoms with Gasteiger partial charge in [0.05, 0.1) is 18.9 Å². The van der Waals surface area contributed by atoms with Gasteiger partial charge in [-0.05, 0) is 23.9 Å². The van der Waals surface area contributed by atoms with Crippen LogP contribution in [-0.2, 0) is 14.3 Å². The summed E-state index contributed by atoms with van der Waals surface area (Å²) in [5, 5.41) is 2.71. The molecule has 1 aromatic rings. The first-order valence-corrected chi connectivity index (χ1v) is 5.40. The summed E-state index contributed by atoms with van der Waals surface area (Å²) < 4.78 is 4.47. The van der Waals surface area contributed by atoms with Crippen molar-refractivity contribution in [2.45, 2.75) is 4.90 Å². The SMILES string of the molecule is COC(=O)/C=C1/Nc2ccccc2SC1=O. The lowest BCUT2D eigenvalue weighted by Gasteiger charge is -2.18. The highest BCUT2D eigenvalue weighted by Gasteiger charge is 2.21. The number of rotatable bonds is 1. The second kappa shape index (κ2) is 4.40. The lowest BCUT2D eigenvalue weighted by atomic mass is 10.3. The van der Waals surface area contributed by atoms with Gasteiger partial charge in [-0.1, -0.05) is 12.1 Å². The van der Waals surface area contributed by atoms with E-state index in [-0.39, 0.29) is 10.8 Å². The van der Waals surface area contributed by atoms with Crippen molar-refractivity contribution >= 4 is 28.5 Å². The highest BCUT2D eigenvalue weighted by molar-refractivity contribution is 8.14. The number of carbonyl (C=O) groups is 2. The Hall–Kier alpha value is -1.75. The number of ether oxygens (including phenoxy) is 1. The van der Waals surface area contributed by atoms with Gasteiger partial charge < -0.3 is 10.1 Å². The van der Waals surface area contributed by atoms with E-state index in [1.54, 1.807) is 0 Å². The van der Waals surface area contributed by atoms with Crippen LogP contribution in [0, 0.1) is 0 Å². The van der Waals surface area contributed by atoms with Crippen molar-refractivity contribution in [3.63, 3.8) is 0 Å². The quantitative estimate of drug-likeness (QED) is 0.594. The van der Waals surface area contributed by atoms with Gasteiger partial charge in [0.1, 0.15) is 5.70 Å². The average molecular weight is 235 g/mol. The molecule has 0 aromatic heterocycles. The first-order valence-electron chi connectivity index (χ1n) is 4.58. The molecule has 1 heterocycles.